The highest BCUT2D eigenvalue weighted by Gasteiger charge is 2.24. The molecule has 116 valence electrons. The first-order valence-corrected chi connectivity index (χ1v) is 7.82. The van der Waals surface area contributed by atoms with E-state index in [0.717, 1.165) is 16.0 Å². The smallest absolute Gasteiger partial charge is 0.343 e. The number of ether oxygens (including phenoxy) is 2. The molecular formula is C18H14O4S. The van der Waals surface area contributed by atoms with Gasteiger partial charge in [0.05, 0.1) is 12.0 Å². The van der Waals surface area contributed by atoms with Crippen LogP contribution in [0, 0.1) is 0 Å². The summed E-state index contributed by atoms with van der Waals surface area (Å²) >= 11 is 1.48. The molecule has 0 bridgehead atoms. The number of carbonyl (C=O) groups is 2. The third-order valence-electron chi connectivity index (χ3n) is 3.34. The van der Waals surface area contributed by atoms with Gasteiger partial charge < -0.3 is 9.47 Å². The molecule has 1 aliphatic rings. The Morgan fingerprint density at radius 2 is 1.87 bits per heavy atom. The minimum Gasteiger partial charge on any atom is -0.482 e. The number of carbonyl (C=O) groups excluding carboxylic acids is 2. The molecule has 0 fully saturated rings. The van der Waals surface area contributed by atoms with E-state index in [1.165, 1.54) is 18.9 Å². The highest BCUT2D eigenvalue weighted by molar-refractivity contribution is 8.04. The van der Waals surface area contributed by atoms with Crippen molar-refractivity contribution in [2.24, 2.45) is 0 Å². The molecule has 0 saturated carbocycles. The van der Waals surface area contributed by atoms with Crippen molar-refractivity contribution in [1.82, 2.24) is 0 Å². The third-order valence-corrected chi connectivity index (χ3v) is 4.44. The van der Waals surface area contributed by atoms with E-state index < -0.39 is 5.97 Å². The van der Waals surface area contributed by atoms with E-state index >= 15 is 0 Å². The highest BCUT2D eigenvalue weighted by Crippen LogP contribution is 2.40. The second-order valence-corrected chi connectivity index (χ2v) is 5.95. The van der Waals surface area contributed by atoms with Crippen LogP contribution in [-0.2, 0) is 9.53 Å². The fourth-order valence-electron chi connectivity index (χ4n) is 2.15. The van der Waals surface area contributed by atoms with Crippen molar-refractivity contribution in [3.8, 4) is 5.75 Å². The molecule has 0 atom stereocenters. The van der Waals surface area contributed by atoms with Crippen LogP contribution in [0.15, 0.2) is 58.3 Å². The summed E-state index contributed by atoms with van der Waals surface area (Å²) in [6.07, 6.45) is 1.86. The quantitative estimate of drug-likeness (QED) is 0.635. The van der Waals surface area contributed by atoms with Crippen LogP contribution in [0.5, 0.6) is 5.75 Å². The molecule has 0 saturated heterocycles. The first kappa shape index (κ1) is 15.4. The zero-order chi connectivity index (χ0) is 16.2. The normalized spacial score (nSPS) is 14.7. The molecule has 0 amide bonds. The maximum Gasteiger partial charge on any atom is 0.343 e. The average molecular weight is 326 g/mol. The van der Waals surface area contributed by atoms with Crippen LogP contribution in [-0.4, -0.2) is 25.5 Å². The summed E-state index contributed by atoms with van der Waals surface area (Å²) in [5, 5.41) is 0. The third kappa shape index (κ3) is 3.46. The summed E-state index contributed by atoms with van der Waals surface area (Å²) in [7, 11) is 1.31. The van der Waals surface area contributed by atoms with Crippen molar-refractivity contribution >= 4 is 29.6 Å². The van der Waals surface area contributed by atoms with Crippen molar-refractivity contribution in [3.63, 3.8) is 0 Å². The zero-order valence-corrected chi connectivity index (χ0v) is 13.3. The molecule has 2 aromatic carbocycles. The summed E-state index contributed by atoms with van der Waals surface area (Å²) < 4.78 is 9.80. The molecule has 0 spiro atoms. The van der Waals surface area contributed by atoms with Gasteiger partial charge in [-0.1, -0.05) is 36.0 Å². The lowest BCUT2D eigenvalue weighted by atomic mass is 10.1. The van der Waals surface area contributed by atoms with Crippen LogP contribution in [0.25, 0.3) is 6.08 Å². The average Bonchev–Trinajstić information content (AvgIpc) is 2.90. The number of rotatable bonds is 4. The topological polar surface area (TPSA) is 52.6 Å². The Bertz CT molecular complexity index is 778. The number of hydrogen-bond acceptors (Lipinski definition) is 5. The van der Waals surface area contributed by atoms with Crippen LogP contribution in [0.4, 0.5) is 0 Å². The lowest BCUT2D eigenvalue weighted by Gasteiger charge is -2.04. The zero-order valence-electron chi connectivity index (χ0n) is 12.4. The van der Waals surface area contributed by atoms with Gasteiger partial charge in [-0.3, -0.25) is 4.79 Å². The van der Waals surface area contributed by atoms with Gasteiger partial charge in [0.25, 0.3) is 0 Å². The van der Waals surface area contributed by atoms with Crippen LogP contribution in [0.2, 0.25) is 0 Å². The van der Waals surface area contributed by atoms with Gasteiger partial charge in [-0.05, 0) is 35.9 Å². The Hall–Kier alpha value is -2.53. The van der Waals surface area contributed by atoms with Gasteiger partial charge in [0.15, 0.2) is 6.61 Å². The van der Waals surface area contributed by atoms with Crippen LogP contribution >= 0.6 is 11.8 Å². The number of ketones is 1. The Labute approximate surface area is 138 Å². The number of allylic oxidation sites excluding steroid dienone is 1. The van der Waals surface area contributed by atoms with Crippen molar-refractivity contribution in [3.05, 3.63) is 64.6 Å². The van der Waals surface area contributed by atoms with Crippen LogP contribution in [0.3, 0.4) is 0 Å². The predicted octanol–water partition coefficient (Wildman–Crippen LogP) is 3.57. The SMILES string of the molecule is COC(=O)COc1ccc(/C=C2\Sc3ccccc3C2=O)cc1. The molecule has 4 nitrogen and oxygen atoms in total. The summed E-state index contributed by atoms with van der Waals surface area (Å²) in [5.41, 5.74) is 1.65. The molecule has 5 heteroatoms. The predicted molar refractivity (Wildman–Crippen MR) is 88.6 cm³/mol. The standard InChI is InChI=1S/C18H14O4S/c1-21-17(19)11-22-13-8-6-12(7-9-13)10-16-18(20)14-4-2-3-5-15(14)23-16/h2-10H,11H2,1H3/b16-10-. The van der Waals surface area contributed by atoms with E-state index in [2.05, 4.69) is 4.74 Å². The second-order valence-electron chi connectivity index (χ2n) is 4.87. The Morgan fingerprint density at radius 3 is 2.57 bits per heavy atom. The Morgan fingerprint density at radius 1 is 1.13 bits per heavy atom. The summed E-state index contributed by atoms with van der Waals surface area (Å²) in [6.45, 7) is -0.124. The van der Waals surface area contributed by atoms with E-state index in [4.69, 9.17) is 4.74 Å². The van der Waals surface area contributed by atoms with Gasteiger partial charge in [0, 0.05) is 10.5 Å². The Balaban J connectivity index is 1.72. The van der Waals surface area contributed by atoms with Gasteiger partial charge in [-0.25, -0.2) is 4.79 Å². The lowest BCUT2D eigenvalue weighted by molar-refractivity contribution is -0.142. The molecule has 0 radical (unpaired) electrons. The van der Waals surface area contributed by atoms with Gasteiger partial charge in [-0.15, -0.1) is 0 Å². The number of esters is 1. The molecule has 3 rings (SSSR count). The van der Waals surface area contributed by atoms with Gasteiger partial charge in [-0.2, -0.15) is 0 Å². The van der Waals surface area contributed by atoms with E-state index in [-0.39, 0.29) is 12.4 Å². The van der Waals surface area contributed by atoms with E-state index in [0.29, 0.717) is 10.7 Å². The summed E-state index contributed by atoms with van der Waals surface area (Å²) in [4.78, 5) is 25.0. The fraction of sp³-hybridized carbons (Fsp3) is 0.111. The molecule has 0 aromatic heterocycles. The van der Waals surface area contributed by atoms with Crippen molar-refractivity contribution in [1.29, 1.82) is 0 Å². The van der Waals surface area contributed by atoms with Crippen molar-refractivity contribution in [2.75, 3.05) is 13.7 Å². The van der Waals surface area contributed by atoms with Gasteiger partial charge >= 0.3 is 5.97 Å². The molecular weight excluding hydrogens is 312 g/mol. The Kier molecular flexibility index (Phi) is 4.48. The molecule has 2 aromatic rings. The minimum atomic E-state index is -0.429. The van der Waals surface area contributed by atoms with Gasteiger partial charge in [0.1, 0.15) is 5.75 Å². The fourth-order valence-corrected chi connectivity index (χ4v) is 3.20. The monoisotopic (exact) mass is 326 g/mol. The van der Waals surface area contributed by atoms with Gasteiger partial charge in [0.2, 0.25) is 5.78 Å². The first-order valence-electron chi connectivity index (χ1n) is 7.00. The van der Waals surface area contributed by atoms with Crippen LogP contribution in [0.1, 0.15) is 15.9 Å². The largest absolute Gasteiger partial charge is 0.482 e. The number of benzene rings is 2. The van der Waals surface area contributed by atoms with Crippen molar-refractivity contribution < 1.29 is 19.1 Å². The molecule has 0 unspecified atom stereocenters. The second kappa shape index (κ2) is 6.71. The molecule has 0 N–H and O–H groups in total. The van der Waals surface area contributed by atoms with E-state index in [1.807, 2.05) is 42.5 Å². The molecule has 0 aliphatic carbocycles. The van der Waals surface area contributed by atoms with E-state index in [9.17, 15) is 9.59 Å². The molecule has 23 heavy (non-hydrogen) atoms. The van der Waals surface area contributed by atoms with Crippen LogP contribution < -0.4 is 4.74 Å². The number of thioether (sulfide) groups is 1. The number of Topliss-reactive ketones (excluding diaryl/α,β-unsaturated/α-hetero) is 1. The maximum absolute atomic E-state index is 12.3. The maximum atomic E-state index is 12.3. The molecule has 1 aliphatic heterocycles. The molecule has 1 heterocycles. The first-order chi connectivity index (χ1) is 11.2. The summed E-state index contributed by atoms with van der Waals surface area (Å²) in [5.74, 6) is 0.199. The van der Waals surface area contributed by atoms with E-state index in [1.54, 1.807) is 12.1 Å². The number of methoxy groups -OCH3 is 1. The highest BCUT2D eigenvalue weighted by atomic mass is 32.2. The minimum absolute atomic E-state index is 0.0524. The lowest BCUT2D eigenvalue weighted by Crippen LogP contribution is -2.12. The van der Waals surface area contributed by atoms with Crippen molar-refractivity contribution in [2.45, 2.75) is 4.90 Å². The summed E-state index contributed by atoms with van der Waals surface area (Å²) in [6, 6.07) is 14.8. The number of fused-ring (bicyclic) bond motifs is 1. The number of hydrogen-bond donors (Lipinski definition) is 0.